The van der Waals surface area contributed by atoms with Crippen molar-refractivity contribution in [3.63, 3.8) is 0 Å². The molecule has 1 N–H and O–H groups in total. The van der Waals surface area contributed by atoms with Crippen molar-refractivity contribution >= 4 is 58.1 Å². The van der Waals surface area contributed by atoms with Crippen LogP contribution in [0.3, 0.4) is 0 Å². The fraction of sp³-hybridized carbons (Fsp3) is 0.121. The molecule has 1 aliphatic rings. The highest BCUT2D eigenvalue weighted by Crippen LogP contribution is 2.34. The molecular formula is C33H25ClN6O4S2. The number of rotatable bonds is 7. The molecule has 0 fully saturated rings. The minimum atomic E-state index is -0.787. The average molecular weight is 669 g/mol. The lowest BCUT2D eigenvalue weighted by Crippen LogP contribution is -2.40. The SMILES string of the molecule is CC1=C(C(=O)Nc2ccccc2)[C@@H](c2ccc(Cl)cc2)n2c(s/c(=C/c3ccc(Sc4nc(C)cc(C)n4)c([N+](=O)[O-])c3)c2=O)=N1. The molecule has 2 aromatic heterocycles. The van der Waals surface area contributed by atoms with Crippen molar-refractivity contribution in [2.45, 2.75) is 36.9 Å². The van der Waals surface area contributed by atoms with E-state index in [4.69, 9.17) is 11.6 Å². The molecule has 0 saturated carbocycles. The van der Waals surface area contributed by atoms with E-state index < -0.39 is 16.9 Å². The number of hydrogen-bond acceptors (Lipinski definition) is 9. The van der Waals surface area contributed by atoms with Gasteiger partial charge in [0, 0.05) is 28.2 Å². The lowest BCUT2D eigenvalue weighted by Gasteiger charge is -2.25. The molecule has 0 bridgehead atoms. The Hall–Kier alpha value is -4.91. The Kier molecular flexibility index (Phi) is 8.67. The van der Waals surface area contributed by atoms with Crippen molar-refractivity contribution in [1.82, 2.24) is 14.5 Å². The smallest absolute Gasteiger partial charge is 0.283 e. The molecule has 3 heterocycles. The summed E-state index contributed by atoms with van der Waals surface area (Å²) in [5, 5.41) is 15.9. The van der Waals surface area contributed by atoms with E-state index in [1.165, 1.54) is 10.6 Å². The number of aryl methyl sites for hydroxylation is 2. The Morgan fingerprint density at radius 1 is 1.02 bits per heavy atom. The first-order valence-electron chi connectivity index (χ1n) is 14.0. The lowest BCUT2D eigenvalue weighted by atomic mass is 9.95. The molecule has 5 aromatic rings. The number of anilines is 1. The largest absolute Gasteiger partial charge is 0.322 e. The summed E-state index contributed by atoms with van der Waals surface area (Å²) in [5.41, 5.74) is 3.53. The summed E-state index contributed by atoms with van der Waals surface area (Å²) in [6, 6.07) is 21.8. The van der Waals surface area contributed by atoms with Crippen molar-refractivity contribution in [1.29, 1.82) is 0 Å². The van der Waals surface area contributed by atoms with E-state index in [1.54, 1.807) is 61.5 Å². The summed E-state index contributed by atoms with van der Waals surface area (Å²) in [6.07, 6.45) is 1.60. The first-order chi connectivity index (χ1) is 22.1. The number of carbonyl (C=O) groups excluding carboxylic acids is 1. The Morgan fingerprint density at radius 2 is 1.72 bits per heavy atom. The molecule has 10 nitrogen and oxygen atoms in total. The third-order valence-electron chi connectivity index (χ3n) is 7.12. The second kappa shape index (κ2) is 12.8. The van der Waals surface area contributed by atoms with Gasteiger partial charge in [0.1, 0.15) is 0 Å². The molecule has 1 atom stereocenters. The van der Waals surface area contributed by atoms with Crippen LogP contribution in [-0.4, -0.2) is 25.4 Å². The summed E-state index contributed by atoms with van der Waals surface area (Å²) in [7, 11) is 0. The summed E-state index contributed by atoms with van der Waals surface area (Å²) in [5.74, 6) is -0.391. The first-order valence-corrected chi connectivity index (χ1v) is 16.0. The standard InChI is InChI=1S/C33H25ClN6O4S2/c1-18-15-19(2)36-32(35-18)45-26-14-9-21(16-25(26)40(43)44)17-27-31(42)39-29(22-10-12-23(34)13-11-22)28(20(3)37-33(39)46-27)30(41)38-24-7-5-4-6-8-24/h4-17,29H,1-3H3,(H,38,41)/b27-17+/t29-/m1/s1. The fourth-order valence-electron chi connectivity index (χ4n) is 5.13. The van der Waals surface area contributed by atoms with Crippen molar-refractivity contribution < 1.29 is 9.72 Å². The number of nitro benzene ring substituents is 1. The number of halogens is 1. The third-order valence-corrected chi connectivity index (χ3v) is 9.29. The van der Waals surface area contributed by atoms with Crippen LogP contribution in [0, 0.1) is 24.0 Å². The van der Waals surface area contributed by atoms with Crippen LogP contribution >= 0.6 is 34.7 Å². The zero-order valence-electron chi connectivity index (χ0n) is 24.7. The monoisotopic (exact) mass is 668 g/mol. The van der Waals surface area contributed by atoms with Gasteiger partial charge in [-0.25, -0.2) is 15.0 Å². The third kappa shape index (κ3) is 6.41. The maximum Gasteiger partial charge on any atom is 0.283 e. The number of para-hydroxylation sites is 1. The molecule has 6 rings (SSSR count). The number of nitro groups is 1. The zero-order valence-corrected chi connectivity index (χ0v) is 27.1. The van der Waals surface area contributed by atoms with E-state index in [1.807, 2.05) is 38.1 Å². The van der Waals surface area contributed by atoms with E-state index in [-0.39, 0.29) is 11.2 Å². The minimum Gasteiger partial charge on any atom is -0.322 e. The Labute approximate surface area is 276 Å². The van der Waals surface area contributed by atoms with E-state index in [0.29, 0.717) is 52.5 Å². The molecule has 0 unspecified atom stereocenters. The molecule has 230 valence electrons. The highest BCUT2D eigenvalue weighted by Gasteiger charge is 2.32. The van der Waals surface area contributed by atoms with Gasteiger partial charge in [-0.05, 0) is 86.1 Å². The van der Waals surface area contributed by atoms with Gasteiger partial charge < -0.3 is 5.32 Å². The lowest BCUT2D eigenvalue weighted by molar-refractivity contribution is -0.387. The zero-order chi connectivity index (χ0) is 32.5. The van der Waals surface area contributed by atoms with Crippen molar-refractivity contribution in [3.05, 3.63) is 147 Å². The summed E-state index contributed by atoms with van der Waals surface area (Å²) < 4.78 is 1.80. The molecule has 0 aliphatic carbocycles. The molecule has 0 radical (unpaired) electrons. The molecule has 0 saturated heterocycles. The quantitative estimate of drug-likeness (QED) is 0.128. The summed E-state index contributed by atoms with van der Waals surface area (Å²) in [6.45, 7) is 5.41. The number of fused-ring (bicyclic) bond motifs is 1. The average Bonchev–Trinajstić information content (AvgIpc) is 3.31. The minimum absolute atomic E-state index is 0.135. The van der Waals surface area contributed by atoms with Crippen molar-refractivity contribution in [2.75, 3.05) is 5.32 Å². The second-order valence-electron chi connectivity index (χ2n) is 10.5. The van der Waals surface area contributed by atoms with Crippen LogP contribution in [0.2, 0.25) is 5.02 Å². The van der Waals surface area contributed by atoms with Crippen LogP contribution in [-0.2, 0) is 4.79 Å². The molecular weight excluding hydrogens is 644 g/mol. The van der Waals surface area contributed by atoms with Crippen LogP contribution in [0.5, 0.6) is 0 Å². The van der Waals surface area contributed by atoms with Crippen LogP contribution < -0.4 is 20.2 Å². The molecule has 13 heteroatoms. The van der Waals surface area contributed by atoms with Crippen molar-refractivity contribution in [3.8, 4) is 0 Å². The van der Waals surface area contributed by atoms with E-state index in [2.05, 4.69) is 20.3 Å². The Bertz CT molecular complexity index is 2210. The number of nitrogens with one attached hydrogen (secondary N) is 1. The Morgan fingerprint density at radius 3 is 2.39 bits per heavy atom. The molecule has 1 aliphatic heterocycles. The number of aromatic nitrogens is 3. The van der Waals surface area contributed by atoms with Gasteiger partial charge in [0.15, 0.2) is 9.96 Å². The maximum absolute atomic E-state index is 14.0. The molecule has 1 amide bonds. The number of thiazole rings is 1. The number of nitrogens with zero attached hydrogens (tertiary/aromatic N) is 5. The Balaban J connectivity index is 1.43. The molecule has 3 aromatic carbocycles. The summed E-state index contributed by atoms with van der Waals surface area (Å²) >= 11 is 8.43. The van der Waals surface area contributed by atoms with Crippen LogP contribution in [0.4, 0.5) is 11.4 Å². The predicted octanol–water partition coefficient (Wildman–Crippen LogP) is 5.99. The highest BCUT2D eigenvalue weighted by atomic mass is 35.5. The van der Waals surface area contributed by atoms with E-state index >= 15 is 0 Å². The first kappa shape index (κ1) is 31.1. The molecule has 0 spiro atoms. The van der Waals surface area contributed by atoms with Crippen LogP contribution in [0.1, 0.15) is 35.5 Å². The van der Waals surface area contributed by atoms with Gasteiger partial charge in [-0.15, -0.1) is 0 Å². The van der Waals surface area contributed by atoms with Crippen LogP contribution in [0.25, 0.3) is 6.08 Å². The number of amides is 1. The number of carbonyl (C=O) groups is 1. The topological polar surface area (TPSA) is 132 Å². The number of allylic oxidation sites excluding steroid dienone is 1. The van der Waals surface area contributed by atoms with Gasteiger partial charge in [0.05, 0.1) is 31.7 Å². The second-order valence-corrected chi connectivity index (χ2v) is 12.9. The van der Waals surface area contributed by atoms with Gasteiger partial charge in [0.2, 0.25) is 0 Å². The van der Waals surface area contributed by atoms with Crippen LogP contribution in [0.15, 0.2) is 110 Å². The van der Waals surface area contributed by atoms with Gasteiger partial charge in [-0.3, -0.25) is 24.3 Å². The number of benzene rings is 3. The molecule has 46 heavy (non-hydrogen) atoms. The summed E-state index contributed by atoms with van der Waals surface area (Å²) in [4.78, 5) is 53.5. The predicted molar refractivity (Wildman–Crippen MR) is 179 cm³/mol. The van der Waals surface area contributed by atoms with Crippen molar-refractivity contribution in [2.24, 2.45) is 4.99 Å². The van der Waals surface area contributed by atoms with Gasteiger partial charge >= 0.3 is 0 Å². The van der Waals surface area contributed by atoms with E-state index in [9.17, 15) is 19.7 Å². The maximum atomic E-state index is 14.0. The fourth-order valence-corrected chi connectivity index (χ4v) is 7.26. The number of hydrogen-bond donors (Lipinski definition) is 1. The normalized spacial score (nSPS) is 14.5. The van der Waals surface area contributed by atoms with Gasteiger partial charge in [-0.2, -0.15) is 0 Å². The van der Waals surface area contributed by atoms with Gasteiger partial charge in [-0.1, -0.05) is 59.3 Å². The van der Waals surface area contributed by atoms with E-state index in [0.717, 1.165) is 34.5 Å². The van der Waals surface area contributed by atoms with Gasteiger partial charge in [0.25, 0.3) is 17.2 Å². The highest BCUT2D eigenvalue weighted by molar-refractivity contribution is 7.99.